The van der Waals surface area contributed by atoms with Crippen molar-refractivity contribution in [3.05, 3.63) is 48.0 Å². The van der Waals surface area contributed by atoms with Crippen molar-refractivity contribution in [3.63, 3.8) is 0 Å². The zero-order valence-electron chi connectivity index (χ0n) is 18.1. The van der Waals surface area contributed by atoms with Gasteiger partial charge >= 0.3 is 0 Å². The Morgan fingerprint density at radius 2 is 1.84 bits per heavy atom. The van der Waals surface area contributed by atoms with Gasteiger partial charge in [-0.05, 0) is 68.3 Å². The van der Waals surface area contributed by atoms with Gasteiger partial charge in [0, 0.05) is 30.3 Å². The Morgan fingerprint density at radius 1 is 1.13 bits per heavy atom. The van der Waals surface area contributed by atoms with E-state index in [0.717, 1.165) is 11.3 Å². The Hall–Kier alpha value is -2.87. The molecule has 0 saturated carbocycles. The zero-order valence-corrected chi connectivity index (χ0v) is 18.9. The van der Waals surface area contributed by atoms with Crippen LogP contribution < -0.4 is 15.0 Å². The van der Waals surface area contributed by atoms with E-state index in [4.69, 9.17) is 4.74 Å². The number of hydrogen-bond acceptors (Lipinski definition) is 5. The van der Waals surface area contributed by atoms with Gasteiger partial charge in [0.2, 0.25) is 11.8 Å². The molecule has 3 rings (SSSR count). The molecule has 7 nitrogen and oxygen atoms in total. The largest absolute Gasteiger partial charge is 0.494 e. The van der Waals surface area contributed by atoms with Crippen LogP contribution in [-0.2, 0) is 25.8 Å². The van der Waals surface area contributed by atoms with Gasteiger partial charge < -0.3 is 15.0 Å². The van der Waals surface area contributed by atoms with Gasteiger partial charge in [0.15, 0.2) is 9.84 Å². The van der Waals surface area contributed by atoms with Gasteiger partial charge in [-0.15, -0.1) is 0 Å². The predicted octanol–water partition coefficient (Wildman–Crippen LogP) is 3.58. The highest BCUT2D eigenvalue weighted by atomic mass is 32.2. The van der Waals surface area contributed by atoms with E-state index < -0.39 is 9.84 Å². The van der Waals surface area contributed by atoms with Crippen molar-refractivity contribution < 1.29 is 22.7 Å². The monoisotopic (exact) mass is 444 g/mol. The second kappa shape index (κ2) is 9.51. The van der Waals surface area contributed by atoms with Gasteiger partial charge in [-0.3, -0.25) is 9.59 Å². The van der Waals surface area contributed by atoms with Crippen molar-refractivity contribution in [3.8, 4) is 5.75 Å². The van der Waals surface area contributed by atoms with Crippen LogP contribution in [0.1, 0.15) is 39.2 Å². The second-order valence-electron chi connectivity index (χ2n) is 7.54. The number of ether oxygens (including phenoxy) is 1. The first-order chi connectivity index (χ1) is 14.7. The number of rotatable bonds is 8. The van der Waals surface area contributed by atoms with E-state index in [9.17, 15) is 18.0 Å². The molecule has 1 atom stereocenters. The minimum Gasteiger partial charge on any atom is -0.494 e. The third-order valence-electron chi connectivity index (χ3n) is 5.24. The summed E-state index contributed by atoms with van der Waals surface area (Å²) >= 11 is 0. The normalized spacial score (nSPS) is 15.5. The van der Waals surface area contributed by atoms with E-state index in [0.29, 0.717) is 30.9 Å². The molecule has 0 spiro atoms. The molecule has 1 heterocycles. The molecule has 2 aromatic carbocycles. The van der Waals surface area contributed by atoms with Gasteiger partial charge in [-0.1, -0.05) is 6.92 Å². The number of amides is 2. The maximum Gasteiger partial charge on any atom is 0.226 e. The van der Waals surface area contributed by atoms with Crippen LogP contribution in [-0.4, -0.2) is 38.6 Å². The molecule has 8 heteroatoms. The molecule has 0 saturated heterocycles. The van der Waals surface area contributed by atoms with E-state index in [-0.39, 0.29) is 34.9 Å². The minimum atomic E-state index is -3.63. The van der Waals surface area contributed by atoms with Gasteiger partial charge in [0.1, 0.15) is 5.75 Å². The van der Waals surface area contributed by atoms with Crippen molar-refractivity contribution in [2.24, 2.45) is 0 Å². The summed E-state index contributed by atoms with van der Waals surface area (Å²) in [5, 5.41) is 2.70. The molecule has 1 aliphatic rings. The molecule has 0 fully saturated rings. The van der Waals surface area contributed by atoms with Crippen molar-refractivity contribution in [1.82, 2.24) is 0 Å². The molecule has 0 bridgehead atoms. The first kappa shape index (κ1) is 22.8. The summed E-state index contributed by atoms with van der Waals surface area (Å²) in [6.07, 6.45) is 0.861. The van der Waals surface area contributed by atoms with Crippen molar-refractivity contribution in [2.45, 2.75) is 51.0 Å². The van der Waals surface area contributed by atoms with Crippen LogP contribution in [0, 0.1) is 0 Å². The highest BCUT2D eigenvalue weighted by molar-refractivity contribution is 7.91. The molecule has 1 aliphatic heterocycles. The Labute approximate surface area is 183 Å². The summed E-state index contributed by atoms with van der Waals surface area (Å²) in [5.74, 6) is 0.0604. The standard InChI is InChI=1S/C23H28N2O5S/c1-4-23(27)25-16(3)14-17-15-20(10-11-21(17)25)31(28,29)13-12-22(26)24-18-6-8-19(9-7-18)30-5-2/h6-11,15-16H,4-5,12-14H2,1-3H3,(H,24,26). The average Bonchev–Trinajstić information content (AvgIpc) is 3.08. The summed E-state index contributed by atoms with van der Waals surface area (Å²) in [6.45, 7) is 6.20. The number of anilines is 2. The molecular weight excluding hydrogens is 416 g/mol. The van der Waals surface area contributed by atoms with Gasteiger partial charge in [0.25, 0.3) is 0 Å². The van der Waals surface area contributed by atoms with E-state index in [2.05, 4.69) is 5.32 Å². The zero-order chi connectivity index (χ0) is 22.6. The predicted molar refractivity (Wildman–Crippen MR) is 120 cm³/mol. The van der Waals surface area contributed by atoms with E-state index >= 15 is 0 Å². The maximum absolute atomic E-state index is 12.8. The fourth-order valence-electron chi connectivity index (χ4n) is 3.72. The molecule has 1 N–H and O–H groups in total. The Morgan fingerprint density at radius 3 is 2.48 bits per heavy atom. The lowest BCUT2D eigenvalue weighted by Gasteiger charge is -2.22. The van der Waals surface area contributed by atoms with Crippen LogP contribution in [0.3, 0.4) is 0 Å². The lowest BCUT2D eigenvalue weighted by atomic mass is 10.1. The quantitative estimate of drug-likeness (QED) is 0.672. The molecule has 31 heavy (non-hydrogen) atoms. The molecular formula is C23H28N2O5S. The van der Waals surface area contributed by atoms with Gasteiger partial charge in [-0.25, -0.2) is 8.42 Å². The minimum absolute atomic E-state index is 0.000275. The Balaban J connectivity index is 1.64. The number of fused-ring (bicyclic) bond motifs is 1. The van der Waals surface area contributed by atoms with Gasteiger partial charge in [0.05, 0.1) is 17.3 Å². The van der Waals surface area contributed by atoms with E-state index in [1.165, 1.54) is 6.07 Å². The molecule has 0 aromatic heterocycles. The summed E-state index contributed by atoms with van der Waals surface area (Å²) < 4.78 is 30.9. The van der Waals surface area contributed by atoms with Crippen LogP contribution in [0.4, 0.5) is 11.4 Å². The van der Waals surface area contributed by atoms with E-state index in [1.54, 1.807) is 41.3 Å². The first-order valence-electron chi connectivity index (χ1n) is 10.5. The lowest BCUT2D eigenvalue weighted by Crippen LogP contribution is -2.35. The Bertz CT molecular complexity index is 1060. The summed E-state index contributed by atoms with van der Waals surface area (Å²) in [5.41, 5.74) is 2.19. The smallest absolute Gasteiger partial charge is 0.226 e. The highest BCUT2D eigenvalue weighted by Crippen LogP contribution is 2.34. The van der Waals surface area contributed by atoms with Crippen molar-refractivity contribution in [2.75, 3.05) is 22.6 Å². The van der Waals surface area contributed by atoms with Crippen LogP contribution >= 0.6 is 0 Å². The topological polar surface area (TPSA) is 92.8 Å². The fraction of sp³-hybridized carbons (Fsp3) is 0.391. The summed E-state index contributed by atoms with van der Waals surface area (Å²) in [4.78, 5) is 26.3. The van der Waals surface area contributed by atoms with E-state index in [1.807, 2.05) is 20.8 Å². The van der Waals surface area contributed by atoms with Crippen LogP contribution in [0.2, 0.25) is 0 Å². The lowest BCUT2D eigenvalue weighted by molar-refractivity contribution is -0.118. The number of benzene rings is 2. The number of carbonyl (C=O) groups is 2. The molecule has 0 aliphatic carbocycles. The third kappa shape index (κ3) is 5.25. The Kier molecular flexibility index (Phi) is 7.00. The number of hydrogen-bond donors (Lipinski definition) is 1. The fourth-order valence-corrected chi connectivity index (χ4v) is 5.01. The molecule has 2 amide bonds. The number of nitrogens with zero attached hydrogens (tertiary/aromatic N) is 1. The van der Waals surface area contributed by atoms with Gasteiger partial charge in [-0.2, -0.15) is 0 Å². The van der Waals surface area contributed by atoms with Crippen LogP contribution in [0.5, 0.6) is 5.75 Å². The molecule has 0 radical (unpaired) electrons. The maximum atomic E-state index is 12.8. The molecule has 2 aromatic rings. The summed E-state index contributed by atoms with van der Waals surface area (Å²) in [7, 11) is -3.63. The van der Waals surface area contributed by atoms with Crippen molar-refractivity contribution >= 4 is 33.0 Å². The van der Waals surface area contributed by atoms with Crippen LogP contribution in [0.15, 0.2) is 47.4 Å². The number of nitrogens with one attached hydrogen (secondary N) is 1. The number of sulfone groups is 1. The first-order valence-corrected chi connectivity index (χ1v) is 12.1. The SMILES string of the molecule is CCOc1ccc(NC(=O)CCS(=O)(=O)c2ccc3c(c2)CC(C)N3C(=O)CC)cc1. The molecule has 1 unspecified atom stereocenters. The second-order valence-corrected chi connectivity index (χ2v) is 9.64. The molecule has 166 valence electrons. The summed E-state index contributed by atoms with van der Waals surface area (Å²) in [6, 6.07) is 11.8. The highest BCUT2D eigenvalue weighted by Gasteiger charge is 2.31. The van der Waals surface area contributed by atoms with Crippen LogP contribution in [0.25, 0.3) is 0 Å². The average molecular weight is 445 g/mol. The van der Waals surface area contributed by atoms with Crippen molar-refractivity contribution in [1.29, 1.82) is 0 Å². The number of carbonyl (C=O) groups excluding carboxylic acids is 2. The third-order valence-corrected chi connectivity index (χ3v) is 6.96.